The highest BCUT2D eigenvalue weighted by atomic mass is 16.5. The number of methoxy groups -OCH3 is 1. The molecule has 2 aromatic rings. The number of anilines is 1. The summed E-state index contributed by atoms with van der Waals surface area (Å²) in [6.45, 7) is 6.06. The SMILES string of the molecule is CC[C@@H](C)[C@H](C(=O)Nc1cc(C(=O)OC)ccc1C)c1ccccc1. The molecule has 0 spiro atoms. The second-order valence-electron chi connectivity index (χ2n) is 6.28. The lowest BCUT2D eigenvalue weighted by atomic mass is 9.84. The van der Waals surface area contributed by atoms with Crippen molar-refractivity contribution in [3.63, 3.8) is 0 Å². The van der Waals surface area contributed by atoms with Crippen LogP contribution in [-0.4, -0.2) is 19.0 Å². The fourth-order valence-electron chi connectivity index (χ4n) is 2.85. The van der Waals surface area contributed by atoms with Gasteiger partial charge in [0.25, 0.3) is 0 Å². The Labute approximate surface area is 149 Å². The van der Waals surface area contributed by atoms with Gasteiger partial charge in [0.15, 0.2) is 0 Å². The van der Waals surface area contributed by atoms with Crippen molar-refractivity contribution >= 4 is 17.6 Å². The molecular weight excluding hydrogens is 314 g/mol. The van der Waals surface area contributed by atoms with Gasteiger partial charge in [-0.1, -0.05) is 56.7 Å². The average molecular weight is 339 g/mol. The minimum Gasteiger partial charge on any atom is -0.465 e. The summed E-state index contributed by atoms with van der Waals surface area (Å²) in [6, 6.07) is 15.0. The van der Waals surface area contributed by atoms with E-state index in [1.54, 1.807) is 12.1 Å². The zero-order chi connectivity index (χ0) is 18.4. The van der Waals surface area contributed by atoms with Gasteiger partial charge in [-0.25, -0.2) is 4.79 Å². The van der Waals surface area contributed by atoms with Crippen LogP contribution in [0.5, 0.6) is 0 Å². The number of carbonyl (C=O) groups excluding carboxylic acids is 2. The first-order valence-electron chi connectivity index (χ1n) is 8.52. The summed E-state index contributed by atoms with van der Waals surface area (Å²) in [5.41, 5.74) is 2.95. The molecule has 25 heavy (non-hydrogen) atoms. The monoisotopic (exact) mass is 339 g/mol. The van der Waals surface area contributed by atoms with Crippen molar-refractivity contribution in [2.24, 2.45) is 5.92 Å². The number of hydrogen-bond acceptors (Lipinski definition) is 3. The molecule has 0 saturated heterocycles. The summed E-state index contributed by atoms with van der Waals surface area (Å²) >= 11 is 0. The van der Waals surface area contributed by atoms with Crippen LogP contribution in [0.1, 0.15) is 47.7 Å². The molecule has 2 aromatic carbocycles. The predicted molar refractivity (Wildman–Crippen MR) is 99.8 cm³/mol. The number of nitrogens with one attached hydrogen (secondary N) is 1. The Morgan fingerprint density at radius 2 is 1.80 bits per heavy atom. The lowest BCUT2D eigenvalue weighted by Crippen LogP contribution is -2.26. The van der Waals surface area contributed by atoms with Gasteiger partial charge in [0.2, 0.25) is 5.91 Å². The van der Waals surface area contributed by atoms with Crippen LogP contribution >= 0.6 is 0 Å². The highest BCUT2D eigenvalue weighted by Crippen LogP contribution is 2.29. The Morgan fingerprint density at radius 1 is 1.12 bits per heavy atom. The maximum Gasteiger partial charge on any atom is 0.337 e. The van der Waals surface area contributed by atoms with E-state index < -0.39 is 5.97 Å². The lowest BCUT2D eigenvalue weighted by molar-refractivity contribution is -0.118. The van der Waals surface area contributed by atoms with Crippen molar-refractivity contribution in [1.82, 2.24) is 0 Å². The van der Waals surface area contributed by atoms with E-state index in [1.807, 2.05) is 43.3 Å². The number of ether oxygens (including phenoxy) is 1. The average Bonchev–Trinajstić information content (AvgIpc) is 2.63. The maximum atomic E-state index is 13.0. The van der Waals surface area contributed by atoms with Crippen LogP contribution in [0.2, 0.25) is 0 Å². The van der Waals surface area contributed by atoms with Crippen LogP contribution in [0.4, 0.5) is 5.69 Å². The number of amides is 1. The highest BCUT2D eigenvalue weighted by Gasteiger charge is 2.26. The molecule has 2 atom stereocenters. The summed E-state index contributed by atoms with van der Waals surface area (Å²) in [6.07, 6.45) is 0.897. The van der Waals surface area contributed by atoms with Crippen molar-refractivity contribution in [1.29, 1.82) is 0 Å². The van der Waals surface area contributed by atoms with E-state index in [2.05, 4.69) is 19.2 Å². The molecule has 0 aliphatic carbocycles. The van der Waals surface area contributed by atoms with Crippen molar-refractivity contribution in [2.45, 2.75) is 33.1 Å². The Kier molecular flexibility index (Phi) is 6.34. The van der Waals surface area contributed by atoms with E-state index in [0.29, 0.717) is 11.3 Å². The van der Waals surface area contributed by atoms with Gasteiger partial charge in [0, 0.05) is 5.69 Å². The number of hydrogen-bond donors (Lipinski definition) is 1. The molecule has 1 amide bonds. The molecule has 0 unspecified atom stereocenters. The zero-order valence-electron chi connectivity index (χ0n) is 15.2. The topological polar surface area (TPSA) is 55.4 Å². The molecule has 4 nitrogen and oxygen atoms in total. The fourth-order valence-corrected chi connectivity index (χ4v) is 2.85. The van der Waals surface area contributed by atoms with Gasteiger partial charge in [-0.2, -0.15) is 0 Å². The second-order valence-corrected chi connectivity index (χ2v) is 6.28. The normalized spacial score (nSPS) is 13.0. The van der Waals surface area contributed by atoms with Gasteiger partial charge in [0.1, 0.15) is 0 Å². The lowest BCUT2D eigenvalue weighted by Gasteiger charge is -2.23. The third kappa shape index (κ3) is 4.47. The fraction of sp³-hybridized carbons (Fsp3) is 0.333. The minimum absolute atomic E-state index is 0.0642. The first-order chi connectivity index (χ1) is 12.0. The highest BCUT2D eigenvalue weighted by molar-refractivity contribution is 5.98. The smallest absolute Gasteiger partial charge is 0.337 e. The van der Waals surface area contributed by atoms with E-state index in [0.717, 1.165) is 17.5 Å². The molecule has 1 N–H and O–H groups in total. The Morgan fingerprint density at radius 3 is 2.40 bits per heavy atom. The summed E-state index contributed by atoms with van der Waals surface area (Å²) in [4.78, 5) is 24.7. The van der Waals surface area contributed by atoms with Gasteiger partial charge in [-0.3, -0.25) is 4.79 Å². The molecule has 2 rings (SSSR count). The number of carbonyl (C=O) groups is 2. The molecule has 0 bridgehead atoms. The second kappa shape index (κ2) is 8.47. The number of benzene rings is 2. The van der Waals surface area contributed by atoms with Gasteiger partial charge < -0.3 is 10.1 Å². The first-order valence-corrected chi connectivity index (χ1v) is 8.52. The molecule has 4 heteroatoms. The largest absolute Gasteiger partial charge is 0.465 e. The first kappa shape index (κ1) is 18.7. The van der Waals surface area contributed by atoms with E-state index in [9.17, 15) is 9.59 Å². The van der Waals surface area contributed by atoms with Gasteiger partial charge >= 0.3 is 5.97 Å². The van der Waals surface area contributed by atoms with E-state index in [-0.39, 0.29) is 17.7 Å². The van der Waals surface area contributed by atoms with Crippen LogP contribution in [0.15, 0.2) is 48.5 Å². The molecule has 0 aromatic heterocycles. The van der Waals surface area contributed by atoms with Gasteiger partial charge in [0.05, 0.1) is 18.6 Å². The standard InChI is InChI=1S/C21H25NO3/c1-5-14(2)19(16-9-7-6-8-10-16)20(23)22-18-13-17(21(24)25-4)12-11-15(18)3/h6-14,19H,5H2,1-4H3,(H,22,23)/t14-,19+/m1/s1. The molecule has 0 heterocycles. The van der Waals surface area contributed by atoms with Gasteiger partial charge in [-0.05, 0) is 36.1 Å². The molecular formula is C21H25NO3. The van der Waals surface area contributed by atoms with Crippen molar-refractivity contribution < 1.29 is 14.3 Å². The number of rotatable bonds is 6. The minimum atomic E-state index is -0.419. The summed E-state index contributed by atoms with van der Waals surface area (Å²) in [7, 11) is 1.34. The van der Waals surface area contributed by atoms with E-state index in [1.165, 1.54) is 7.11 Å². The summed E-state index contributed by atoms with van der Waals surface area (Å²) in [5.74, 6) is -0.526. The van der Waals surface area contributed by atoms with Crippen molar-refractivity contribution in [2.75, 3.05) is 12.4 Å². The predicted octanol–water partition coefficient (Wildman–Crippen LogP) is 4.55. The van der Waals surface area contributed by atoms with Crippen LogP contribution in [0.3, 0.4) is 0 Å². The quantitative estimate of drug-likeness (QED) is 0.786. The summed E-state index contributed by atoms with van der Waals surface area (Å²) in [5, 5.41) is 3.00. The molecule has 0 aliphatic heterocycles. The van der Waals surface area contributed by atoms with Crippen LogP contribution in [0.25, 0.3) is 0 Å². The van der Waals surface area contributed by atoms with Crippen LogP contribution < -0.4 is 5.32 Å². The van der Waals surface area contributed by atoms with Gasteiger partial charge in [-0.15, -0.1) is 0 Å². The molecule has 132 valence electrons. The summed E-state index contributed by atoms with van der Waals surface area (Å²) < 4.78 is 4.76. The van der Waals surface area contributed by atoms with Crippen molar-refractivity contribution in [3.8, 4) is 0 Å². The number of aryl methyl sites for hydroxylation is 1. The Bertz CT molecular complexity index is 740. The third-order valence-corrected chi connectivity index (χ3v) is 4.57. The molecule has 0 radical (unpaired) electrons. The number of esters is 1. The zero-order valence-corrected chi connectivity index (χ0v) is 15.2. The van der Waals surface area contributed by atoms with Crippen molar-refractivity contribution in [3.05, 3.63) is 65.2 Å². The molecule has 0 saturated carbocycles. The van der Waals surface area contributed by atoms with Crippen LogP contribution in [0, 0.1) is 12.8 Å². The van der Waals surface area contributed by atoms with E-state index >= 15 is 0 Å². The Hall–Kier alpha value is -2.62. The van der Waals surface area contributed by atoms with E-state index in [4.69, 9.17) is 4.74 Å². The molecule has 0 fully saturated rings. The van der Waals surface area contributed by atoms with Crippen LogP contribution in [-0.2, 0) is 9.53 Å². The maximum absolute atomic E-state index is 13.0. The third-order valence-electron chi connectivity index (χ3n) is 4.57. The Balaban J connectivity index is 2.31. The molecule has 0 aliphatic rings.